The van der Waals surface area contributed by atoms with Gasteiger partial charge in [0.05, 0.1) is 5.39 Å². The Morgan fingerprint density at radius 3 is 2.61 bits per heavy atom. The van der Waals surface area contributed by atoms with Crippen LogP contribution in [-0.4, -0.2) is 35.0 Å². The smallest absolute Gasteiger partial charge is 0.174 e. The summed E-state index contributed by atoms with van der Waals surface area (Å²) in [5.41, 5.74) is 10.7. The molecule has 176 valence electrons. The van der Waals surface area contributed by atoms with Crippen LogP contribution in [0.1, 0.15) is 63.4 Å². The van der Waals surface area contributed by atoms with Crippen molar-refractivity contribution < 1.29 is 5.95 Å². The van der Waals surface area contributed by atoms with E-state index in [0.717, 1.165) is 39.2 Å². The lowest BCUT2D eigenvalue weighted by Crippen LogP contribution is -2.55. The molecule has 2 saturated carbocycles. The molecule has 0 amide bonds. The fraction of sp³-hybridized carbons (Fsp3) is 0.462. The van der Waals surface area contributed by atoms with Crippen LogP contribution in [0, 0.1) is 5.41 Å². The number of hydrogen-bond donors (Lipinski definition) is 3. The Labute approximate surface area is 196 Å². The number of likely N-dealkylation sites (tertiary alicyclic amines) is 1. The van der Waals surface area contributed by atoms with Crippen molar-refractivity contribution in [3.05, 3.63) is 53.6 Å². The maximum Gasteiger partial charge on any atom is 0.174 e. The molecule has 0 unspecified atom stereocenters. The van der Waals surface area contributed by atoms with E-state index in [9.17, 15) is 0 Å². The maximum absolute atomic E-state index is 5.91. The van der Waals surface area contributed by atoms with Gasteiger partial charge >= 0.3 is 0 Å². The lowest BCUT2D eigenvalue weighted by atomic mass is 9.53. The van der Waals surface area contributed by atoms with E-state index in [1.54, 1.807) is 0 Å². The number of benzene rings is 2. The summed E-state index contributed by atoms with van der Waals surface area (Å²) in [4.78, 5) is 2.76. The molecular weight excluding hydrogens is 412 g/mol. The molecule has 1 spiro atoms. The summed E-state index contributed by atoms with van der Waals surface area (Å²) in [7, 11) is 0. The average Bonchev–Trinajstić information content (AvgIpc) is 3.20. The molecule has 2 aromatic carbocycles. The number of amidine groups is 1. The molecule has 3 fully saturated rings. The van der Waals surface area contributed by atoms with Gasteiger partial charge in [-0.05, 0) is 92.8 Å². The van der Waals surface area contributed by atoms with Gasteiger partial charge in [-0.2, -0.15) is 5.10 Å². The van der Waals surface area contributed by atoms with Crippen LogP contribution in [0.2, 0.25) is 0 Å². The first kappa shape index (κ1) is 21.9. The van der Waals surface area contributed by atoms with E-state index in [0.29, 0.717) is 11.8 Å². The van der Waals surface area contributed by atoms with Crippen LogP contribution in [0.5, 0.6) is 0 Å². The van der Waals surface area contributed by atoms with Gasteiger partial charge in [-0.15, -0.1) is 0 Å². The molecular formula is C26H36N6O. The van der Waals surface area contributed by atoms with E-state index in [2.05, 4.69) is 39.4 Å². The van der Waals surface area contributed by atoms with Gasteiger partial charge in [0, 0.05) is 18.6 Å². The standard InChI is InChI=1S/C26H31N5O.H3N.H2/c27-25(29-28)20-5-6-23-22(14-20)24(32-30-23)19-4-1-3-18(13-19)17-7-11-31(12-8-17)21-15-26(16-21)9-2-10-26;;/h1,3-6,13-14,17,21H,2,7-12,15-16,28H2,(H2,27,29);1H3;1H. The number of rotatable bonds is 4. The fourth-order valence-electron chi connectivity index (χ4n) is 6.20. The van der Waals surface area contributed by atoms with Gasteiger partial charge in [-0.3, -0.25) is 0 Å². The quantitative estimate of drug-likeness (QED) is 0.223. The SMILES string of the molecule is N.N/N=C(\N)c1ccc2noc(-c3cccc(C4CCN(C5CC6(CCC6)C5)CC4)c3)c2c1.[HH]. The Bertz CT molecular complexity index is 1170. The zero-order valence-corrected chi connectivity index (χ0v) is 19.2. The molecule has 7 N–H and O–H groups in total. The molecule has 7 heteroatoms. The molecule has 33 heavy (non-hydrogen) atoms. The number of hydrazone groups is 1. The second-order valence-electron chi connectivity index (χ2n) is 10.1. The third-order valence-corrected chi connectivity index (χ3v) is 8.33. The van der Waals surface area contributed by atoms with Gasteiger partial charge in [0.1, 0.15) is 11.4 Å². The van der Waals surface area contributed by atoms with Crippen LogP contribution in [-0.2, 0) is 0 Å². The Balaban J connectivity index is 0.00000137. The van der Waals surface area contributed by atoms with Crippen LogP contribution in [0.4, 0.5) is 0 Å². The molecule has 6 rings (SSSR count). The van der Waals surface area contributed by atoms with Crippen LogP contribution >= 0.6 is 0 Å². The Kier molecular flexibility index (Phi) is 5.62. The van der Waals surface area contributed by atoms with Gasteiger partial charge in [0.2, 0.25) is 0 Å². The third-order valence-electron chi connectivity index (χ3n) is 8.33. The second-order valence-corrected chi connectivity index (χ2v) is 10.1. The predicted molar refractivity (Wildman–Crippen MR) is 134 cm³/mol. The van der Waals surface area contributed by atoms with Gasteiger partial charge < -0.3 is 27.1 Å². The number of nitrogens with two attached hydrogens (primary N) is 2. The summed E-state index contributed by atoms with van der Waals surface area (Å²) in [6.07, 6.45) is 9.79. The predicted octanol–water partition coefficient (Wildman–Crippen LogP) is 4.99. The highest BCUT2D eigenvalue weighted by atomic mass is 16.5. The summed E-state index contributed by atoms with van der Waals surface area (Å²) in [6, 6.07) is 15.3. The van der Waals surface area contributed by atoms with Gasteiger partial charge in [-0.25, -0.2) is 0 Å². The lowest BCUT2D eigenvalue weighted by Gasteiger charge is -2.58. The van der Waals surface area contributed by atoms with Crippen molar-refractivity contribution in [2.24, 2.45) is 22.1 Å². The number of fused-ring (bicyclic) bond motifs is 1. The monoisotopic (exact) mass is 448 g/mol. The largest absolute Gasteiger partial charge is 0.382 e. The summed E-state index contributed by atoms with van der Waals surface area (Å²) < 4.78 is 5.75. The minimum atomic E-state index is 0. The molecule has 0 bridgehead atoms. The van der Waals surface area contributed by atoms with Crippen molar-refractivity contribution in [3.63, 3.8) is 0 Å². The zero-order valence-electron chi connectivity index (χ0n) is 19.2. The number of nitrogens with zero attached hydrogens (tertiary/aromatic N) is 3. The highest BCUT2D eigenvalue weighted by molar-refractivity contribution is 6.02. The average molecular weight is 449 g/mol. The number of piperidine rings is 1. The van der Waals surface area contributed by atoms with E-state index >= 15 is 0 Å². The summed E-state index contributed by atoms with van der Waals surface area (Å²) >= 11 is 0. The van der Waals surface area contributed by atoms with Crippen LogP contribution in [0.25, 0.3) is 22.2 Å². The Hall–Kier alpha value is -2.90. The van der Waals surface area contributed by atoms with E-state index in [-0.39, 0.29) is 7.58 Å². The molecule has 1 aromatic heterocycles. The van der Waals surface area contributed by atoms with Crippen molar-refractivity contribution in [2.75, 3.05) is 13.1 Å². The van der Waals surface area contributed by atoms with Crippen LogP contribution in [0.15, 0.2) is 52.1 Å². The molecule has 0 radical (unpaired) electrons. The van der Waals surface area contributed by atoms with Crippen LogP contribution in [0.3, 0.4) is 0 Å². The molecule has 0 atom stereocenters. The minimum Gasteiger partial charge on any atom is -0.382 e. The van der Waals surface area contributed by atoms with Crippen molar-refractivity contribution in [3.8, 4) is 11.3 Å². The highest BCUT2D eigenvalue weighted by Gasteiger charge is 2.50. The maximum atomic E-state index is 5.91. The summed E-state index contributed by atoms with van der Waals surface area (Å²) in [6.45, 7) is 2.45. The van der Waals surface area contributed by atoms with E-state index < -0.39 is 0 Å². The van der Waals surface area contributed by atoms with Gasteiger partial charge in [0.25, 0.3) is 0 Å². The van der Waals surface area contributed by atoms with Crippen LogP contribution < -0.4 is 17.7 Å². The summed E-state index contributed by atoms with van der Waals surface area (Å²) in [5.74, 6) is 7.03. The molecule has 1 aliphatic heterocycles. The molecule has 1 saturated heterocycles. The molecule has 3 aliphatic rings. The first-order chi connectivity index (χ1) is 15.6. The molecule has 3 aromatic rings. The van der Waals surface area contributed by atoms with Crippen molar-refractivity contribution in [2.45, 2.75) is 56.9 Å². The summed E-state index contributed by atoms with van der Waals surface area (Å²) in [5, 5.41) is 8.78. The van der Waals surface area contributed by atoms with Gasteiger partial charge in [-0.1, -0.05) is 29.8 Å². The van der Waals surface area contributed by atoms with Crippen molar-refractivity contribution in [1.82, 2.24) is 16.2 Å². The second kappa shape index (κ2) is 8.47. The Morgan fingerprint density at radius 2 is 1.91 bits per heavy atom. The zero-order chi connectivity index (χ0) is 21.7. The lowest BCUT2D eigenvalue weighted by molar-refractivity contribution is -0.0611. The fourth-order valence-corrected chi connectivity index (χ4v) is 6.20. The molecule has 7 nitrogen and oxygen atoms in total. The van der Waals surface area contributed by atoms with E-state index in [1.807, 2.05) is 18.2 Å². The van der Waals surface area contributed by atoms with E-state index in [1.165, 1.54) is 63.6 Å². The third kappa shape index (κ3) is 3.79. The first-order valence-electron chi connectivity index (χ1n) is 11.9. The minimum absolute atomic E-state index is 0. The van der Waals surface area contributed by atoms with Crippen molar-refractivity contribution in [1.29, 1.82) is 0 Å². The first-order valence-corrected chi connectivity index (χ1v) is 11.9. The topological polar surface area (TPSA) is 129 Å². The molecule has 2 aliphatic carbocycles. The molecule has 2 heterocycles. The van der Waals surface area contributed by atoms with Crippen molar-refractivity contribution >= 4 is 16.7 Å². The normalized spacial score (nSPS) is 21.5. The van der Waals surface area contributed by atoms with E-state index in [4.69, 9.17) is 16.1 Å². The Morgan fingerprint density at radius 1 is 1.12 bits per heavy atom. The number of hydrogen-bond acceptors (Lipinski definition) is 6. The highest BCUT2D eigenvalue weighted by Crippen LogP contribution is 2.57. The van der Waals surface area contributed by atoms with Gasteiger partial charge in [0.15, 0.2) is 5.76 Å². The number of aromatic nitrogens is 1.